The Labute approximate surface area is 135 Å². The molecule has 9 nitrogen and oxygen atoms in total. The Morgan fingerprint density at radius 1 is 1.42 bits per heavy atom. The maximum atomic E-state index is 14.2. The first-order valence-electron chi connectivity index (χ1n) is 7.18. The molecule has 0 spiro atoms. The molecule has 4 rings (SSSR count). The van der Waals surface area contributed by atoms with Gasteiger partial charge in [0.1, 0.15) is 5.82 Å². The summed E-state index contributed by atoms with van der Waals surface area (Å²) in [5.41, 5.74) is 1.83. The van der Waals surface area contributed by atoms with Gasteiger partial charge in [0.15, 0.2) is 0 Å². The average molecular weight is 328 g/mol. The van der Waals surface area contributed by atoms with Crippen molar-refractivity contribution < 1.29 is 9.18 Å². The van der Waals surface area contributed by atoms with E-state index in [1.807, 2.05) is 0 Å². The third kappa shape index (κ3) is 2.11. The normalized spacial score (nSPS) is 14.2. The van der Waals surface area contributed by atoms with Crippen molar-refractivity contribution in [2.75, 3.05) is 17.3 Å². The van der Waals surface area contributed by atoms with Crippen LogP contribution in [0.15, 0.2) is 29.6 Å². The van der Waals surface area contributed by atoms with Gasteiger partial charge in [0, 0.05) is 24.2 Å². The van der Waals surface area contributed by atoms with E-state index in [4.69, 9.17) is 0 Å². The lowest BCUT2D eigenvalue weighted by Gasteiger charge is -2.26. The summed E-state index contributed by atoms with van der Waals surface area (Å²) in [6.07, 6.45) is 1.57. The molecule has 0 atom stereocenters. The van der Waals surface area contributed by atoms with Crippen molar-refractivity contribution in [1.82, 2.24) is 30.4 Å². The van der Waals surface area contributed by atoms with E-state index in [0.717, 1.165) is 0 Å². The summed E-state index contributed by atoms with van der Waals surface area (Å²) in [5, 5.41) is 21.2. The van der Waals surface area contributed by atoms with Crippen LogP contribution in [0.2, 0.25) is 0 Å². The lowest BCUT2D eigenvalue weighted by Crippen LogP contribution is -2.32. The Kier molecular flexibility index (Phi) is 3.05. The molecule has 122 valence electrons. The molecule has 3 heterocycles. The Morgan fingerprint density at radius 2 is 2.25 bits per heavy atom. The zero-order chi connectivity index (χ0) is 16.8. The Balaban J connectivity index is 1.66. The number of nitrogens with zero attached hydrogens (tertiary/aromatic N) is 6. The molecule has 10 heteroatoms. The quantitative estimate of drug-likeness (QED) is 0.728. The number of nitrogens with one attached hydrogen (secondary N) is 2. The van der Waals surface area contributed by atoms with Crippen molar-refractivity contribution in [3.8, 4) is 0 Å². The van der Waals surface area contributed by atoms with E-state index in [1.165, 1.54) is 16.8 Å². The van der Waals surface area contributed by atoms with Crippen LogP contribution in [0.25, 0.3) is 10.9 Å². The minimum absolute atomic E-state index is 0.0966. The predicted molar refractivity (Wildman–Crippen MR) is 83.6 cm³/mol. The maximum absolute atomic E-state index is 14.2. The summed E-state index contributed by atoms with van der Waals surface area (Å²) in [6.45, 7) is 2.02. The van der Waals surface area contributed by atoms with Crippen LogP contribution in [-0.2, 0) is 11.3 Å². The average Bonchev–Trinajstić information content (AvgIpc) is 3.19. The summed E-state index contributed by atoms with van der Waals surface area (Å²) >= 11 is 0. The monoisotopic (exact) mass is 328 g/mol. The molecule has 24 heavy (non-hydrogen) atoms. The van der Waals surface area contributed by atoms with Gasteiger partial charge in [0.05, 0.1) is 29.5 Å². The second-order valence-electron chi connectivity index (χ2n) is 5.50. The lowest BCUT2D eigenvalue weighted by atomic mass is 10.1. The largest absolute Gasteiger partial charge is 0.320 e. The highest BCUT2D eigenvalue weighted by atomic mass is 19.1. The van der Waals surface area contributed by atoms with Gasteiger partial charge in [-0.1, -0.05) is 5.10 Å². The van der Waals surface area contributed by atoms with Gasteiger partial charge < -0.3 is 10.2 Å². The van der Waals surface area contributed by atoms with E-state index < -0.39 is 11.7 Å². The van der Waals surface area contributed by atoms with Crippen LogP contribution in [-0.4, -0.2) is 43.4 Å². The Hall–Kier alpha value is -3.30. The van der Waals surface area contributed by atoms with E-state index in [0.29, 0.717) is 28.1 Å². The summed E-state index contributed by atoms with van der Waals surface area (Å²) in [4.78, 5) is 14.3. The molecule has 1 aliphatic heterocycles. The van der Waals surface area contributed by atoms with Gasteiger partial charge in [-0.25, -0.2) is 9.07 Å². The first-order chi connectivity index (χ1) is 11.5. The third-order valence-corrected chi connectivity index (χ3v) is 4.11. The second-order valence-corrected chi connectivity index (χ2v) is 5.50. The van der Waals surface area contributed by atoms with Crippen molar-refractivity contribution in [3.05, 3.63) is 35.4 Å². The molecule has 0 saturated carbocycles. The number of rotatable bonds is 2. The number of hydrogen-bond acceptors (Lipinski definition) is 6. The molecule has 1 aliphatic rings. The van der Waals surface area contributed by atoms with Crippen LogP contribution in [0.5, 0.6) is 0 Å². The van der Waals surface area contributed by atoms with Crippen molar-refractivity contribution >= 4 is 28.4 Å². The molecule has 0 saturated heterocycles. The summed E-state index contributed by atoms with van der Waals surface area (Å²) in [5.74, 6) is -0.386. The van der Waals surface area contributed by atoms with Crippen LogP contribution in [0.3, 0.4) is 0 Å². The summed E-state index contributed by atoms with van der Waals surface area (Å²) in [6, 6.07) is 2.84. The molecule has 1 aromatic carbocycles. The number of amides is 1. The lowest BCUT2D eigenvalue weighted by molar-refractivity contribution is -0.113. The molecule has 2 aromatic heterocycles. The molecule has 1 amide bonds. The van der Waals surface area contributed by atoms with Crippen LogP contribution >= 0.6 is 0 Å². The van der Waals surface area contributed by atoms with Crippen LogP contribution < -0.4 is 10.2 Å². The number of aromatic nitrogens is 6. The van der Waals surface area contributed by atoms with Gasteiger partial charge in [-0.15, -0.1) is 0 Å². The molecule has 3 aromatic rings. The van der Waals surface area contributed by atoms with Gasteiger partial charge >= 0.3 is 0 Å². The van der Waals surface area contributed by atoms with E-state index >= 15 is 0 Å². The molecule has 0 fully saturated rings. The summed E-state index contributed by atoms with van der Waals surface area (Å²) < 4.78 is 15.7. The maximum Gasteiger partial charge on any atom is 0.255 e. The van der Waals surface area contributed by atoms with Gasteiger partial charge in [-0.2, -0.15) is 5.10 Å². The number of benzene rings is 1. The fraction of sp³-hybridized carbons (Fsp3) is 0.214. The summed E-state index contributed by atoms with van der Waals surface area (Å²) in [7, 11) is 1.77. The number of hydrogen-bond donors (Lipinski definition) is 2. The van der Waals surface area contributed by atoms with Crippen molar-refractivity contribution in [1.29, 1.82) is 0 Å². The SMILES string of the molecule is CC1=C(C(=O)Nc2cc3cn[nH]c3cc2F)Cn2nnnc2N1C. The van der Waals surface area contributed by atoms with Gasteiger partial charge in [0.25, 0.3) is 5.91 Å². The number of halogens is 1. The Bertz CT molecular complexity index is 988. The Morgan fingerprint density at radius 3 is 3.08 bits per heavy atom. The fourth-order valence-electron chi connectivity index (χ4n) is 2.65. The highest BCUT2D eigenvalue weighted by molar-refractivity contribution is 6.05. The van der Waals surface area contributed by atoms with Crippen LogP contribution in [0.4, 0.5) is 16.0 Å². The number of fused-ring (bicyclic) bond motifs is 2. The van der Waals surface area contributed by atoms with Crippen LogP contribution in [0, 0.1) is 5.82 Å². The fourth-order valence-corrected chi connectivity index (χ4v) is 2.65. The molecule has 0 radical (unpaired) electrons. The second kappa shape index (κ2) is 5.11. The smallest absolute Gasteiger partial charge is 0.255 e. The van der Waals surface area contributed by atoms with E-state index in [9.17, 15) is 9.18 Å². The molecular formula is C14H13FN8O. The topological polar surface area (TPSA) is 105 Å². The number of aromatic amines is 1. The van der Waals surface area contributed by atoms with Gasteiger partial charge in [0.2, 0.25) is 5.95 Å². The van der Waals surface area contributed by atoms with Crippen molar-refractivity contribution in [3.63, 3.8) is 0 Å². The number of allylic oxidation sites excluding steroid dienone is 1. The van der Waals surface area contributed by atoms with Gasteiger partial charge in [-0.3, -0.25) is 9.89 Å². The first-order valence-corrected chi connectivity index (χ1v) is 7.18. The van der Waals surface area contributed by atoms with E-state index in [1.54, 1.807) is 25.1 Å². The standard InChI is InChI=1S/C14H13FN8O/c1-7-9(6-23-14(22(7)2)19-20-21-23)13(24)17-12-3-8-5-16-18-11(8)4-10(12)15/h3-5H,6H2,1-2H3,(H,16,18)(H,17,24). The van der Waals surface area contributed by atoms with Crippen LogP contribution in [0.1, 0.15) is 6.92 Å². The highest BCUT2D eigenvalue weighted by Gasteiger charge is 2.27. The molecule has 0 aliphatic carbocycles. The van der Waals surface area contributed by atoms with Crippen molar-refractivity contribution in [2.45, 2.75) is 13.5 Å². The zero-order valence-electron chi connectivity index (χ0n) is 12.9. The molecule has 0 bridgehead atoms. The molecular weight excluding hydrogens is 315 g/mol. The first kappa shape index (κ1) is 14.3. The minimum atomic E-state index is -0.536. The number of carbonyl (C=O) groups is 1. The van der Waals surface area contributed by atoms with Crippen molar-refractivity contribution in [2.24, 2.45) is 0 Å². The predicted octanol–water partition coefficient (Wildman–Crippen LogP) is 1.05. The number of tetrazole rings is 1. The third-order valence-electron chi connectivity index (χ3n) is 4.11. The minimum Gasteiger partial charge on any atom is -0.320 e. The van der Waals surface area contributed by atoms with E-state index in [2.05, 4.69) is 31.0 Å². The highest BCUT2D eigenvalue weighted by Crippen LogP contribution is 2.26. The molecule has 0 unspecified atom stereocenters. The zero-order valence-corrected chi connectivity index (χ0v) is 12.9. The molecule has 2 N–H and O–H groups in total. The van der Waals surface area contributed by atoms with E-state index in [-0.39, 0.29) is 12.2 Å². The number of H-pyrrole nitrogens is 1. The number of carbonyl (C=O) groups excluding carboxylic acids is 1. The van der Waals surface area contributed by atoms with Gasteiger partial charge in [-0.05, 0) is 23.4 Å². The number of anilines is 2.